The van der Waals surface area contributed by atoms with Gasteiger partial charge in [0.15, 0.2) is 6.17 Å². The van der Waals surface area contributed by atoms with E-state index in [-0.39, 0.29) is 0 Å². The first kappa shape index (κ1) is 32.5. The summed E-state index contributed by atoms with van der Waals surface area (Å²) in [5, 5.41) is 12.5. The summed E-state index contributed by atoms with van der Waals surface area (Å²) in [6.45, 7) is 0. The van der Waals surface area contributed by atoms with Crippen molar-refractivity contribution in [1.82, 2.24) is 5.32 Å². The Morgan fingerprint density at radius 3 is 1.90 bits per heavy atom. The molecule has 1 aliphatic heterocycles. The fraction of sp³-hybridized carbons (Fsp3) is 0.0189. The molecule has 12 rings (SSSR count). The van der Waals surface area contributed by atoms with Crippen molar-refractivity contribution in [2.24, 2.45) is 9.98 Å². The molecule has 3 heterocycles. The highest BCUT2D eigenvalue weighted by Gasteiger charge is 2.25. The molecule has 0 fully saturated rings. The van der Waals surface area contributed by atoms with Gasteiger partial charge in [0.1, 0.15) is 34.0 Å². The fourth-order valence-electron chi connectivity index (χ4n) is 8.70. The topological polar surface area (TPSA) is 63.0 Å². The Kier molecular flexibility index (Phi) is 7.23. The Bertz CT molecular complexity index is 3480. The van der Waals surface area contributed by atoms with Crippen molar-refractivity contribution >= 4 is 77.1 Å². The monoisotopic (exact) mass is 743 g/mol. The van der Waals surface area contributed by atoms with Gasteiger partial charge in [-0.25, -0.2) is 9.98 Å². The van der Waals surface area contributed by atoms with E-state index in [2.05, 4.69) is 175 Å². The Hall–Kier alpha value is -7.76. The molecule has 0 spiro atoms. The molecular weight excluding hydrogens is 711 g/mol. The van der Waals surface area contributed by atoms with Crippen LogP contribution in [0.4, 0.5) is 0 Å². The number of nitrogens with one attached hydrogen (secondary N) is 1. The first-order chi connectivity index (χ1) is 28.7. The second kappa shape index (κ2) is 12.9. The molecule has 11 aromatic rings. The van der Waals surface area contributed by atoms with Crippen LogP contribution in [0.2, 0.25) is 0 Å². The maximum absolute atomic E-state index is 6.56. The van der Waals surface area contributed by atoms with Crippen LogP contribution in [0.25, 0.3) is 87.7 Å². The Morgan fingerprint density at radius 1 is 0.379 bits per heavy atom. The summed E-state index contributed by atoms with van der Waals surface area (Å²) < 4.78 is 13.1. The standard InChI is InChI=1S/C53H33N3O2/c1-2-10-32(11-3-1)34-20-23-36(24-21-34)51-54-52(39-25-22-33-12-4-5-14-37(33)30-39)56-53(55-51)43-17-9-18-46-49(43)44-31-38(27-29-45(44)57-46)40-16-8-19-47-48(40)42-28-26-35-13-6-7-15-41(35)50(42)58-47/h1-31,53H,(H,54,55,56). The van der Waals surface area contributed by atoms with Crippen molar-refractivity contribution in [3.05, 3.63) is 205 Å². The predicted octanol–water partition coefficient (Wildman–Crippen LogP) is 13.6. The van der Waals surface area contributed by atoms with E-state index >= 15 is 0 Å². The van der Waals surface area contributed by atoms with Gasteiger partial charge in [0.2, 0.25) is 0 Å². The Balaban J connectivity index is 1.02. The molecule has 9 aromatic carbocycles. The Labute approximate surface area is 333 Å². The lowest BCUT2D eigenvalue weighted by molar-refractivity contribution is 0.667. The summed E-state index contributed by atoms with van der Waals surface area (Å²) in [7, 11) is 0. The molecule has 0 radical (unpaired) electrons. The van der Waals surface area contributed by atoms with Crippen LogP contribution in [-0.2, 0) is 0 Å². The van der Waals surface area contributed by atoms with Crippen LogP contribution in [0.3, 0.4) is 0 Å². The van der Waals surface area contributed by atoms with Gasteiger partial charge in [-0.1, -0.05) is 152 Å². The number of nitrogens with zero attached hydrogens (tertiary/aromatic N) is 2. The third kappa shape index (κ3) is 5.25. The minimum Gasteiger partial charge on any atom is -0.456 e. The van der Waals surface area contributed by atoms with Gasteiger partial charge < -0.3 is 14.2 Å². The SMILES string of the molecule is c1ccc(-c2ccc(C3=NC(c4cccc5oc6ccc(-c7cccc8oc9c%10ccccc%10ccc9c78)cc6c45)N=C(c4ccc5ccccc5c4)N3)cc2)cc1. The number of amidine groups is 2. The van der Waals surface area contributed by atoms with E-state index in [4.69, 9.17) is 18.8 Å². The quantitative estimate of drug-likeness (QED) is 0.191. The van der Waals surface area contributed by atoms with Crippen molar-refractivity contribution in [2.75, 3.05) is 0 Å². The second-order valence-electron chi connectivity index (χ2n) is 14.9. The number of benzene rings is 9. The molecule has 0 aliphatic carbocycles. The minimum absolute atomic E-state index is 0.533. The van der Waals surface area contributed by atoms with Gasteiger partial charge in [-0.2, -0.15) is 0 Å². The van der Waals surface area contributed by atoms with Crippen molar-refractivity contribution in [3.8, 4) is 22.3 Å². The summed E-state index contributed by atoms with van der Waals surface area (Å²) in [6.07, 6.45) is -0.533. The highest BCUT2D eigenvalue weighted by molar-refractivity contribution is 6.20. The maximum Gasteiger partial charge on any atom is 0.170 e. The summed E-state index contributed by atoms with van der Waals surface area (Å²) in [5.41, 5.74) is 10.9. The summed E-state index contributed by atoms with van der Waals surface area (Å²) in [4.78, 5) is 10.7. The molecule has 1 unspecified atom stereocenters. The van der Waals surface area contributed by atoms with Crippen LogP contribution >= 0.6 is 0 Å². The number of aliphatic imine (C=N–C) groups is 2. The molecular formula is C53H33N3O2. The van der Waals surface area contributed by atoms with Gasteiger partial charge >= 0.3 is 0 Å². The number of rotatable bonds is 5. The van der Waals surface area contributed by atoms with E-state index in [9.17, 15) is 0 Å². The predicted molar refractivity (Wildman–Crippen MR) is 239 cm³/mol. The van der Waals surface area contributed by atoms with E-state index in [1.807, 2.05) is 18.2 Å². The molecule has 1 aliphatic rings. The summed E-state index contributed by atoms with van der Waals surface area (Å²) >= 11 is 0. The molecule has 272 valence electrons. The number of hydrogen-bond acceptors (Lipinski definition) is 5. The third-order valence-electron chi connectivity index (χ3n) is 11.5. The molecule has 0 bridgehead atoms. The van der Waals surface area contributed by atoms with E-state index in [1.54, 1.807) is 0 Å². The van der Waals surface area contributed by atoms with E-state index in [0.29, 0.717) is 0 Å². The van der Waals surface area contributed by atoms with Crippen LogP contribution < -0.4 is 5.32 Å². The zero-order valence-corrected chi connectivity index (χ0v) is 31.2. The number of furan rings is 2. The van der Waals surface area contributed by atoms with Crippen LogP contribution in [-0.4, -0.2) is 11.7 Å². The van der Waals surface area contributed by atoms with Gasteiger partial charge in [-0.05, 0) is 74.8 Å². The molecule has 5 nitrogen and oxygen atoms in total. The first-order valence-corrected chi connectivity index (χ1v) is 19.6. The molecule has 58 heavy (non-hydrogen) atoms. The number of fused-ring (bicyclic) bond motifs is 9. The van der Waals surface area contributed by atoms with E-state index < -0.39 is 6.17 Å². The maximum atomic E-state index is 6.56. The highest BCUT2D eigenvalue weighted by Crippen LogP contribution is 2.43. The Morgan fingerprint density at radius 2 is 1.03 bits per heavy atom. The molecule has 0 saturated carbocycles. The molecule has 1 N–H and O–H groups in total. The second-order valence-corrected chi connectivity index (χ2v) is 14.9. The normalized spacial score (nSPS) is 14.4. The molecule has 2 aromatic heterocycles. The van der Waals surface area contributed by atoms with Gasteiger partial charge in [0, 0.05) is 43.6 Å². The first-order valence-electron chi connectivity index (χ1n) is 19.6. The third-order valence-corrected chi connectivity index (χ3v) is 11.5. The zero-order chi connectivity index (χ0) is 38.2. The lowest BCUT2D eigenvalue weighted by Gasteiger charge is -2.23. The van der Waals surface area contributed by atoms with E-state index in [1.165, 1.54) is 10.9 Å². The van der Waals surface area contributed by atoms with Crippen LogP contribution in [0, 0.1) is 0 Å². The summed E-state index contributed by atoms with van der Waals surface area (Å²) in [6, 6.07) is 65.7. The largest absolute Gasteiger partial charge is 0.456 e. The average Bonchev–Trinajstić information content (AvgIpc) is 3.88. The lowest BCUT2D eigenvalue weighted by atomic mass is 9.96. The average molecular weight is 744 g/mol. The van der Waals surface area contributed by atoms with E-state index in [0.717, 1.165) is 105 Å². The number of hydrogen-bond donors (Lipinski definition) is 1. The van der Waals surface area contributed by atoms with Gasteiger partial charge in [-0.3, -0.25) is 0 Å². The van der Waals surface area contributed by atoms with Crippen molar-refractivity contribution in [3.63, 3.8) is 0 Å². The van der Waals surface area contributed by atoms with Gasteiger partial charge in [0.25, 0.3) is 0 Å². The zero-order valence-electron chi connectivity index (χ0n) is 31.2. The molecule has 0 saturated heterocycles. The fourth-order valence-corrected chi connectivity index (χ4v) is 8.70. The highest BCUT2D eigenvalue weighted by atomic mass is 16.3. The van der Waals surface area contributed by atoms with Crippen molar-refractivity contribution in [2.45, 2.75) is 6.17 Å². The smallest absolute Gasteiger partial charge is 0.170 e. The molecule has 0 amide bonds. The van der Waals surface area contributed by atoms with Gasteiger partial charge in [-0.15, -0.1) is 0 Å². The van der Waals surface area contributed by atoms with Crippen molar-refractivity contribution in [1.29, 1.82) is 0 Å². The molecule has 5 heteroatoms. The van der Waals surface area contributed by atoms with Crippen molar-refractivity contribution < 1.29 is 8.83 Å². The lowest BCUT2D eigenvalue weighted by Crippen LogP contribution is -2.36. The minimum atomic E-state index is -0.533. The summed E-state index contributed by atoms with van der Waals surface area (Å²) in [5.74, 6) is 1.53. The van der Waals surface area contributed by atoms with Crippen LogP contribution in [0.1, 0.15) is 22.9 Å². The van der Waals surface area contributed by atoms with Crippen LogP contribution in [0.15, 0.2) is 207 Å². The van der Waals surface area contributed by atoms with Gasteiger partial charge in [0.05, 0.1) is 0 Å². The molecule has 1 atom stereocenters. The van der Waals surface area contributed by atoms with Crippen LogP contribution in [0.5, 0.6) is 0 Å².